The molecule has 2 aromatic carbocycles. The Balaban J connectivity index is 0.942. The van der Waals surface area contributed by atoms with E-state index in [9.17, 15) is 0 Å². The fourth-order valence-corrected chi connectivity index (χ4v) is 10.0. The molecule has 3 atom stereocenters. The van der Waals surface area contributed by atoms with E-state index in [0.717, 1.165) is 124 Å². The van der Waals surface area contributed by atoms with Crippen LogP contribution in [0, 0.1) is 30.4 Å². The highest BCUT2D eigenvalue weighted by molar-refractivity contribution is 6.16. The van der Waals surface area contributed by atoms with E-state index >= 15 is 8.78 Å². The fourth-order valence-electron chi connectivity index (χ4n) is 10.0. The van der Waals surface area contributed by atoms with Gasteiger partial charge in [0.2, 0.25) is 5.96 Å². The van der Waals surface area contributed by atoms with Crippen LogP contribution < -0.4 is 25.3 Å². The number of benzene rings is 2. The van der Waals surface area contributed by atoms with Crippen LogP contribution in [0.2, 0.25) is 0 Å². The number of nitrogens with one attached hydrogen (secondary N) is 2. The van der Waals surface area contributed by atoms with Crippen LogP contribution in [0.15, 0.2) is 85.3 Å². The van der Waals surface area contributed by atoms with Crippen molar-refractivity contribution in [3.63, 3.8) is 0 Å². The first-order chi connectivity index (χ1) is 29.9. The van der Waals surface area contributed by atoms with Crippen LogP contribution in [0.4, 0.5) is 31.5 Å². The summed E-state index contributed by atoms with van der Waals surface area (Å²) < 4.78 is 33.1. The lowest BCUT2D eigenvalue weighted by Crippen LogP contribution is -2.58. The molecule has 8 rings (SSSR count). The Kier molecular flexibility index (Phi) is 12.9. The standard InChI is InChI=1S/C50H64F2N10/c1-9-14-41(35(7)53-11-3)49-43(51)23-40(24-44(49)52)61-29-36(30-61)28-59-19-20-60(31-38(59)10-2)39-17-18-45-48(25-39)62-27-32(4)15-12-13-16-47-42(26-54-58(47)8)46-22-37(21-33(5)55-46)34(6)56-50(62)57-45/h11,17-18,21-26,32,36,38,41,53H,3,6-7,9-10,12-16,19-20,27-31H2,1-2,4-5,8H3,(H,56,57)/t32-,38?,41?/m1/s1. The Hall–Kier alpha value is -5.49. The first kappa shape index (κ1) is 43.2. The molecule has 0 saturated carbocycles. The van der Waals surface area contributed by atoms with Crippen LogP contribution in [-0.2, 0) is 13.5 Å². The average molecular weight is 843 g/mol. The second-order valence-electron chi connectivity index (χ2n) is 18.0. The van der Waals surface area contributed by atoms with Crippen LogP contribution in [0.25, 0.3) is 17.0 Å². The summed E-state index contributed by atoms with van der Waals surface area (Å²) in [7, 11) is 2.02. The zero-order chi connectivity index (χ0) is 43.7. The number of rotatable bonds is 11. The quantitative estimate of drug-likeness (QED) is 0.155. The third-order valence-electron chi connectivity index (χ3n) is 13.4. The van der Waals surface area contributed by atoms with Gasteiger partial charge in [0, 0.05) is 116 Å². The topological polar surface area (TPSA) is 80.1 Å². The zero-order valence-electron chi connectivity index (χ0n) is 37.4. The summed E-state index contributed by atoms with van der Waals surface area (Å²) in [5.74, 6) is 0.205. The van der Waals surface area contributed by atoms with Gasteiger partial charge in [-0.2, -0.15) is 5.10 Å². The average Bonchev–Trinajstić information content (AvgIpc) is 3.77. The molecule has 4 aliphatic heterocycles. The minimum absolute atomic E-state index is 0.0813. The fraction of sp³-hybridized carbons (Fsp3) is 0.460. The van der Waals surface area contributed by atoms with E-state index in [1.165, 1.54) is 29.7 Å². The molecule has 12 heteroatoms. The molecule has 2 unspecified atom stereocenters. The van der Waals surface area contributed by atoms with Crippen molar-refractivity contribution < 1.29 is 8.78 Å². The van der Waals surface area contributed by atoms with Crippen molar-refractivity contribution in [3.05, 3.63) is 114 Å². The Morgan fingerprint density at radius 3 is 2.53 bits per heavy atom. The summed E-state index contributed by atoms with van der Waals surface area (Å²) in [6, 6.07) is 14.4. The second-order valence-corrected chi connectivity index (χ2v) is 18.0. The molecule has 0 radical (unpaired) electrons. The smallest absolute Gasteiger partial charge is 0.208 e. The number of aromatic nitrogens is 3. The van der Waals surface area contributed by atoms with Gasteiger partial charge in [0.1, 0.15) is 11.6 Å². The molecule has 62 heavy (non-hydrogen) atoms. The first-order valence-electron chi connectivity index (χ1n) is 22.7. The summed E-state index contributed by atoms with van der Waals surface area (Å²) >= 11 is 0. The number of aliphatic imine (C=N–C) groups is 1. The van der Waals surface area contributed by atoms with E-state index in [2.05, 4.69) is 99.2 Å². The highest BCUT2D eigenvalue weighted by Crippen LogP contribution is 2.40. The lowest BCUT2D eigenvalue weighted by atomic mass is 9.90. The number of pyridine rings is 1. The molecule has 2 bridgehead atoms. The highest BCUT2D eigenvalue weighted by atomic mass is 19.1. The van der Waals surface area contributed by atoms with Crippen molar-refractivity contribution >= 4 is 34.4 Å². The minimum Gasteiger partial charge on any atom is -0.371 e. The number of nitrogens with zero attached hydrogens (tertiary/aromatic N) is 8. The number of halogens is 2. The summed E-state index contributed by atoms with van der Waals surface area (Å²) in [5, 5.41) is 11.2. The monoisotopic (exact) mass is 843 g/mol. The predicted molar refractivity (Wildman–Crippen MR) is 252 cm³/mol. The van der Waals surface area contributed by atoms with E-state index < -0.39 is 17.6 Å². The van der Waals surface area contributed by atoms with Crippen molar-refractivity contribution in [1.29, 1.82) is 0 Å². The number of piperazine rings is 1. The molecular weight excluding hydrogens is 779 g/mol. The second kappa shape index (κ2) is 18.5. The SMILES string of the molecule is C=CNC(=C)C(CCC)c1c(F)cc(N2CC(CN3CCN(c4ccc5c(c4)N4C[C@H](C)CCCCc6c(cnn6C)-c6cc(cc(C)n6)C(=C)/N=C/4N5)CC3CC)C2)cc1F. The van der Waals surface area contributed by atoms with E-state index in [4.69, 9.17) is 9.98 Å². The van der Waals surface area contributed by atoms with E-state index in [-0.39, 0.29) is 5.56 Å². The number of hydrogen-bond donors (Lipinski definition) is 2. The largest absolute Gasteiger partial charge is 0.371 e. The molecule has 4 aliphatic rings. The van der Waals surface area contributed by atoms with Crippen LogP contribution >= 0.6 is 0 Å². The number of aryl methyl sites for hydroxylation is 2. The van der Waals surface area contributed by atoms with E-state index in [1.54, 1.807) is 0 Å². The number of hydrogen-bond acceptors (Lipinski definition) is 9. The molecule has 2 N–H and O–H groups in total. The molecular formula is C50H64F2N10. The molecule has 0 aliphatic carbocycles. The normalized spacial score (nSPS) is 21.0. The maximum Gasteiger partial charge on any atom is 0.208 e. The Morgan fingerprint density at radius 1 is 1.00 bits per heavy atom. The van der Waals surface area contributed by atoms with Crippen molar-refractivity contribution in [2.45, 2.75) is 84.6 Å². The molecule has 2 aromatic heterocycles. The maximum absolute atomic E-state index is 15.6. The zero-order valence-corrected chi connectivity index (χ0v) is 37.4. The summed E-state index contributed by atoms with van der Waals surface area (Å²) in [6.45, 7) is 27.1. The van der Waals surface area contributed by atoms with Gasteiger partial charge in [0.25, 0.3) is 0 Å². The highest BCUT2D eigenvalue weighted by Gasteiger charge is 2.35. The van der Waals surface area contributed by atoms with E-state index in [1.807, 2.05) is 31.8 Å². The lowest BCUT2D eigenvalue weighted by molar-refractivity contribution is 0.135. The van der Waals surface area contributed by atoms with Gasteiger partial charge < -0.3 is 25.3 Å². The number of anilines is 4. The van der Waals surface area contributed by atoms with Gasteiger partial charge in [-0.05, 0) is 93.6 Å². The van der Waals surface area contributed by atoms with Gasteiger partial charge >= 0.3 is 0 Å². The van der Waals surface area contributed by atoms with Crippen LogP contribution in [-0.4, -0.2) is 77.5 Å². The number of guanidine groups is 1. The van der Waals surface area contributed by atoms with Crippen molar-refractivity contribution in [3.8, 4) is 11.3 Å². The molecule has 0 spiro atoms. The van der Waals surface area contributed by atoms with Gasteiger partial charge in [-0.3, -0.25) is 14.6 Å². The van der Waals surface area contributed by atoms with Crippen LogP contribution in [0.1, 0.15) is 87.7 Å². The number of allylic oxidation sites excluding steroid dienone is 1. The summed E-state index contributed by atoms with van der Waals surface area (Å²) in [4.78, 5) is 19.7. The third kappa shape index (κ3) is 8.89. The number of fused-ring (bicyclic) bond motifs is 7. The molecule has 6 heterocycles. The van der Waals surface area contributed by atoms with Crippen molar-refractivity contribution in [2.75, 3.05) is 65.8 Å². The van der Waals surface area contributed by atoms with Gasteiger partial charge in [-0.25, -0.2) is 13.8 Å². The predicted octanol–water partition coefficient (Wildman–Crippen LogP) is 9.86. The summed E-state index contributed by atoms with van der Waals surface area (Å²) in [6.07, 6.45) is 10.2. The third-order valence-corrected chi connectivity index (χ3v) is 13.4. The minimum atomic E-state index is -0.515. The molecule has 4 aromatic rings. The van der Waals surface area contributed by atoms with Gasteiger partial charge in [0.05, 0.1) is 29.0 Å². The Labute approximate surface area is 367 Å². The molecule has 2 fully saturated rings. The Morgan fingerprint density at radius 2 is 1.79 bits per heavy atom. The molecule has 10 nitrogen and oxygen atoms in total. The first-order valence-corrected chi connectivity index (χ1v) is 22.7. The maximum atomic E-state index is 15.6. The van der Waals surface area contributed by atoms with Gasteiger partial charge in [-0.15, -0.1) is 0 Å². The van der Waals surface area contributed by atoms with Crippen LogP contribution in [0.3, 0.4) is 0 Å². The molecule has 0 amide bonds. The molecule has 2 saturated heterocycles. The lowest BCUT2D eigenvalue weighted by Gasteiger charge is -2.48. The van der Waals surface area contributed by atoms with E-state index in [0.29, 0.717) is 41.4 Å². The van der Waals surface area contributed by atoms with Crippen LogP contribution in [0.5, 0.6) is 0 Å². The van der Waals surface area contributed by atoms with Crippen molar-refractivity contribution in [2.24, 2.45) is 23.9 Å². The van der Waals surface area contributed by atoms with Crippen molar-refractivity contribution in [1.82, 2.24) is 25.0 Å². The molecule has 328 valence electrons. The Bertz CT molecular complexity index is 2320. The van der Waals surface area contributed by atoms with Gasteiger partial charge in [0.15, 0.2) is 0 Å². The van der Waals surface area contributed by atoms with Gasteiger partial charge in [-0.1, -0.05) is 53.3 Å². The summed E-state index contributed by atoms with van der Waals surface area (Å²) in [5.41, 5.74) is 10.5.